The van der Waals surface area contributed by atoms with Crippen LogP contribution in [0, 0.1) is 0 Å². The minimum atomic E-state index is 1.10. The van der Waals surface area contributed by atoms with E-state index in [1.54, 1.807) is 0 Å². The second-order valence-corrected chi connectivity index (χ2v) is 13.8. The van der Waals surface area contributed by atoms with Gasteiger partial charge in [0.05, 0.1) is 22.4 Å². The van der Waals surface area contributed by atoms with E-state index in [1.807, 2.05) is 0 Å². The van der Waals surface area contributed by atoms with Gasteiger partial charge in [-0.3, -0.25) is 0 Å². The van der Waals surface area contributed by atoms with Crippen LogP contribution in [0.3, 0.4) is 0 Å². The topological polar surface area (TPSA) is 8.17 Å². The van der Waals surface area contributed by atoms with Crippen molar-refractivity contribution in [3.8, 4) is 39.1 Å². The first kappa shape index (κ1) is 31.6. The van der Waals surface area contributed by atoms with E-state index in [0.717, 1.165) is 33.9 Å². The number of rotatable bonds is 7. The van der Waals surface area contributed by atoms with E-state index in [9.17, 15) is 0 Å². The second-order valence-electron chi connectivity index (χ2n) is 13.8. The summed E-state index contributed by atoms with van der Waals surface area (Å²) >= 11 is 0. The zero-order valence-electron chi connectivity index (χ0n) is 29.7. The Labute approximate surface area is 315 Å². The standard InChI is InChI=1S/C52H36N2/c1-3-15-37(16-4-1)39-29-32-44(33-30-39)53(43-19-5-2-6-20-43)52-34-31-42(36-48(52)41-28-27-38-17-7-8-18-40(38)35-41)45-21-9-12-24-49(45)54-50-25-13-10-22-46(50)47-23-11-14-26-51(47)54/h1-36H. The number of para-hydroxylation sites is 4. The average Bonchev–Trinajstić information content (AvgIpc) is 3.59. The summed E-state index contributed by atoms with van der Waals surface area (Å²) in [5.74, 6) is 0. The third-order valence-corrected chi connectivity index (χ3v) is 10.6. The quantitative estimate of drug-likeness (QED) is 0.162. The fourth-order valence-corrected chi connectivity index (χ4v) is 8.02. The van der Waals surface area contributed by atoms with E-state index in [2.05, 4.69) is 228 Å². The van der Waals surface area contributed by atoms with Crippen molar-refractivity contribution in [1.29, 1.82) is 0 Å². The van der Waals surface area contributed by atoms with E-state index in [0.29, 0.717) is 0 Å². The van der Waals surface area contributed by atoms with Gasteiger partial charge in [-0.15, -0.1) is 0 Å². The maximum atomic E-state index is 2.42. The van der Waals surface area contributed by atoms with E-state index in [4.69, 9.17) is 0 Å². The molecule has 10 aromatic rings. The number of benzene rings is 9. The van der Waals surface area contributed by atoms with Gasteiger partial charge in [0.2, 0.25) is 0 Å². The van der Waals surface area contributed by atoms with Crippen molar-refractivity contribution in [2.45, 2.75) is 0 Å². The van der Waals surface area contributed by atoms with Crippen LogP contribution >= 0.6 is 0 Å². The fourth-order valence-electron chi connectivity index (χ4n) is 8.02. The molecule has 10 rings (SSSR count). The number of fused-ring (bicyclic) bond motifs is 4. The predicted molar refractivity (Wildman–Crippen MR) is 229 cm³/mol. The Hall–Kier alpha value is -7.16. The zero-order chi connectivity index (χ0) is 35.8. The molecule has 0 aliphatic heterocycles. The van der Waals surface area contributed by atoms with Gasteiger partial charge in [0, 0.05) is 33.3 Å². The van der Waals surface area contributed by atoms with Crippen LogP contribution in [0.15, 0.2) is 218 Å². The van der Waals surface area contributed by atoms with Crippen molar-refractivity contribution in [2.75, 3.05) is 4.90 Å². The molecule has 0 radical (unpaired) electrons. The van der Waals surface area contributed by atoms with Crippen LogP contribution in [-0.4, -0.2) is 4.57 Å². The average molecular weight is 689 g/mol. The van der Waals surface area contributed by atoms with Crippen molar-refractivity contribution >= 4 is 49.6 Å². The molecular weight excluding hydrogens is 653 g/mol. The minimum Gasteiger partial charge on any atom is -0.310 e. The van der Waals surface area contributed by atoms with E-state index < -0.39 is 0 Å². The third-order valence-electron chi connectivity index (χ3n) is 10.6. The molecule has 0 aliphatic carbocycles. The first-order valence-corrected chi connectivity index (χ1v) is 18.5. The van der Waals surface area contributed by atoms with Crippen LogP contribution in [0.2, 0.25) is 0 Å². The molecule has 0 spiro atoms. The van der Waals surface area contributed by atoms with E-state index in [1.165, 1.54) is 54.8 Å². The van der Waals surface area contributed by atoms with Crippen molar-refractivity contribution in [3.63, 3.8) is 0 Å². The number of hydrogen-bond donors (Lipinski definition) is 0. The lowest BCUT2D eigenvalue weighted by molar-refractivity contribution is 1.18. The lowest BCUT2D eigenvalue weighted by Crippen LogP contribution is -2.11. The summed E-state index contributed by atoms with van der Waals surface area (Å²) < 4.78 is 2.42. The van der Waals surface area contributed by atoms with Crippen LogP contribution in [-0.2, 0) is 0 Å². The lowest BCUT2D eigenvalue weighted by Gasteiger charge is -2.29. The highest BCUT2D eigenvalue weighted by Crippen LogP contribution is 2.45. The molecule has 0 saturated carbocycles. The Morgan fingerprint density at radius 3 is 1.57 bits per heavy atom. The molecule has 2 heteroatoms. The fraction of sp³-hybridized carbons (Fsp3) is 0. The van der Waals surface area contributed by atoms with Crippen LogP contribution < -0.4 is 4.90 Å². The molecule has 54 heavy (non-hydrogen) atoms. The number of aromatic nitrogens is 1. The number of hydrogen-bond acceptors (Lipinski definition) is 1. The second kappa shape index (κ2) is 13.4. The molecule has 0 unspecified atom stereocenters. The summed E-state index contributed by atoms with van der Waals surface area (Å²) in [4.78, 5) is 2.39. The molecular formula is C52H36N2. The van der Waals surface area contributed by atoms with Gasteiger partial charge >= 0.3 is 0 Å². The summed E-state index contributed by atoms with van der Waals surface area (Å²) in [7, 11) is 0. The Morgan fingerprint density at radius 2 is 0.833 bits per heavy atom. The highest BCUT2D eigenvalue weighted by atomic mass is 15.1. The van der Waals surface area contributed by atoms with Gasteiger partial charge in [-0.2, -0.15) is 0 Å². The van der Waals surface area contributed by atoms with Crippen molar-refractivity contribution in [2.24, 2.45) is 0 Å². The SMILES string of the molecule is c1ccc(-c2ccc(N(c3ccccc3)c3ccc(-c4ccccc4-n4c5ccccc5c5ccccc54)cc3-c3ccc4ccccc4c3)cc2)cc1. The van der Waals surface area contributed by atoms with Gasteiger partial charge in [0.15, 0.2) is 0 Å². The molecule has 2 nitrogen and oxygen atoms in total. The largest absolute Gasteiger partial charge is 0.310 e. The van der Waals surface area contributed by atoms with Gasteiger partial charge in [-0.1, -0.05) is 158 Å². The molecule has 0 bridgehead atoms. The molecule has 0 N–H and O–H groups in total. The van der Waals surface area contributed by atoms with Crippen LogP contribution in [0.4, 0.5) is 17.1 Å². The molecule has 0 amide bonds. The third kappa shape index (κ3) is 5.53. The molecule has 1 aromatic heterocycles. The van der Waals surface area contributed by atoms with Crippen LogP contribution in [0.5, 0.6) is 0 Å². The first-order chi connectivity index (χ1) is 26.8. The Morgan fingerprint density at radius 1 is 0.315 bits per heavy atom. The highest BCUT2D eigenvalue weighted by molar-refractivity contribution is 6.10. The summed E-state index contributed by atoms with van der Waals surface area (Å²) in [5.41, 5.74) is 13.9. The summed E-state index contributed by atoms with van der Waals surface area (Å²) in [6.45, 7) is 0. The summed E-state index contributed by atoms with van der Waals surface area (Å²) in [5, 5.41) is 4.96. The van der Waals surface area contributed by atoms with Gasteiger partial charge < -0.3 is 9.47 Å². The molecule has 9 aromatic carbocycles. The maximum Gasteiger partial charge on any atom is 0.0541 e. The van der Waals surface area contributed by atoms with Gasteiger partial charge in [-0.25, -0.2) is 0 Å². The molecule has 1 heterocycles. The summed E-state index contributed by atoms with van der Waals surface area (Å²) in [6, 6.07) is 79.0. The van der Waals surface area contributed by atoms with Crippen molar-refractivity contribution in [1.82, 2.24) is 4.57 Å². The van der Waals surface area contributed by atoms with Crippen molar-refractivity contribution in [3.05, 3.63) is 218 Å². The molecule has 0 atom stereocenters. The highest BCUT2D eigenvalue weighted by Gasteiger charge is 2.21. The molecule has 0 saturated heterocycles. The molecule has 0 fully saturated rings. The van der Waals surface area contributed by atoms with Crippen LogP contribution in [0.1, 0.15) is 0 Å². The van der Waals surface area contributed by atoms with Crippen LogP contribution in [0.25, 0.3) is 71.6 Å². The molecule has 254 valence electrons. The lowest BCUT2D eigenvalue weighted by atomic mass is 9.94. The van der Waals surface area contributed by atoms with Gasteiger partial charge in [-0.05, 0) is 93.7 Å². The molecule has 0 aliphatic rings. The van der Waals surface area contributed by atoms with Crippen molar-refractivity contribution < 1.29 is 0 Å². The Kier molecular flexibility index (Phi) is 7.85. The Bertz CT molecular complexity index is 2870. The Balaban J connectivity index is 1.20. The zero-order valence-corrected chi connectivity index (χ0v) is 29.7. The smallest absolute Gasteiger partial charge is 0.0541 e. The minimum absolute atomic E-state index is 1.10. The maximum absolute atomic E-state index is 2.42. The predicted octanol–water partition coefficient (Wildman–Crippen LogP) is 14.4. The number of anilines is 3. The van der Waals surface area contributed by atoms with Gasteiger partial charge in [0.1, 0.15) is 0 Å². The monoisotopic (exact) mass is 688 g/mol. The first-order valence-electron chi connectivity index (χ1n) is 18.5. The normalized spacial score (nSPS) is 11.3. The summed E-state index contributed by atoms with van der Waals surface area (Å²) in [6.07, 6.45) is 0. The number of nitrogens with zero attached hydrogens (tertiary/aromatic N) is 2. The van der Waals surface area contributed by atoms with E-state index in [-0.39, 0.29) is 0 Å². The van der Waals surface area contributed by atoms with Gasteiger partial charge in [0.25, 0.3) is 0 Å². The van der Waals surface area contributed by atoms with E-state index >= 15 is 0 Å².